The molecule has 6 heteroatoms. The molecule has 0 bridgehead atoms. The van der Waals surface area contributed by atoms with Gasteiger partial charge in [-0.1, -0.05) is 11.6 Å². The summed E-state index contributed by atoms with van der Waals surface area (Å²) in [4.78, 5) is 19.1. The van der Waals surface area contributed by atoms with Gasteiger partial charge in [-0.15, -0.1) is 0 Å². The number of carbonyl (C=O) groups excluding carboxylic acids is 1. The van der Waals surface area contributed by atoms with Crippen LogP contribution < -0.4 is 10.2 Å². The highest BCUT2D eigenvalue weighted by Crippen LogP contribution is 2.24. The lowest BCUT2D eigenvalue weighted by atomic mass is 10.1. The van der Waals surface area contributed by atoms with Crippen molar-refractivity contribution >= 4 is 29.0 Å². The van der Waals surface area contributed by atoms with Gasteiger partial charge in [-0.25, -0.2) is 9.37 Å². The number of amides is 1. The third-order valence-electron chi connectivity index (χ3n) is 3.86. The normalized spacial score (nSPS) is 14.6. The van der Waals surface area contributed by atoms with E-state index in [1.165, 1.54) is 24.6 Å². The molecule has 0 atom stereocenters. The molecule has 0 radical (unpaired) electrons. The minimum atomic E-state index is -0.514. The van der Waals surface area contributed by atoms with Gasteiger partial charge in [0.05, 0.1) is 10.6 Å². The van der Waals surface area contributed by atoms with E-state index in [1.54, 1.807) is 18.3 Å². The Morgan fingerprint density at radius 1 is 1.22 bits per heavy atom. The van der Waals surface area contributed by atoms with E-state index in [9.17, 15) is 9.18 Å². The quantitative estimate of drug-likeness (QED) is 0.919. The van der Waals surface area contributed by atoms with Crippen molar-refractivity contribution < 1.29 is 9.18 Å². The zero-order valence-corrected chi connectivity index (χ0v) is 13.3. The number of nitrogens with zero attached hydrogens (tertiary/aromatic N) is 2. The summed E-state index contributed by atoms with van der Waals surface area (Å²) in [6, 6.07) is 7.59. The Morgan fingerprint density at radius 3 is 2.74 bits per heavy atom. The van der Waals surface area contributed by atoms with E-state index >= 15 is 0 Å². The number of hydrogen-bond acceptors (Lipinski definition) is 3. The van der Waals surface area contributed by atoms with Gasteiger partial charge in [0.25, 0.3) is 5.91 Å². The molecule has 23 heavy (non-hydrogen) atoms. The number of pyridine rings is 1. The second kappa shape index (κ2) is 6.96. The van der Waals surface area contributed by atoms with Crippen LogP contribution in [0.1, 0.15) is 29.6 Å². The fourth-order valence-electron chi connectivity index (χ4n) is 2.70. The third kappa shape index (κ3) is 3.62. The molecule has 1 fully saturated rings. The molecule has 1 aromatic carbocycles. The number of rotatable bonds is 3. The summed E-state index contributed by atoms with van der Waals surface area (Å²) in [5, 5.41) is 2.73. The molecule has 4 nitrogen and oxygen atoms in total. The maximum absolute atomic E-state index is 13.2. The van der Waals surface area contributed by atoms with Gasteiger partial charge >= 0.3 is 0 Å². The topological polar surface area (TPSA) is 45.2 Å². The molecule has 120 valence electrons. The maximum atomic E-state index is 13.2. The number of nitrogens with one attached hydrogen (secondary N) is 1. The van der Waals surface area contributed by atoms with Gasteiger partial charge in [0, 0.05) is 25.0 Å². The molecule has 0 unspecified atom stereocenters. The Labute approximate surface area is 139 Å². The first kappa shape index (κ1) is 15.7. The summed E-state index contributed by atoms with van der Waals surface area (Å²) in [7, 11) is 0. The van der Waals surface area contributed by atoms with Crippen molar-refractivity contribution in [2.75, 3.05) is 23.3 Å². The smallest absolute Gasteiger partial charge is 0.259 e. The van der Waals surface area contributed by atoms with Crippen LogP contribution >= 0.6 is 11.6 Å². The van der Waals surface area contributed by atoms with Gasteiger partial charge in [-0.2, -0.15) is 0 Å². The summed E-state index contributed by atoms with van der Waals surface area (Å²) in [5.74, 6) is -0.0979. The number of carbonyl (C=O) groups is 1. The second-order valence-corrected chi connectivity index (χ2v) is 5.91. The van der Waals surface area contributed by atoms with Crippen molar-refractivity contribution in [3.8, 4) is 0 Å². The lowest BCUT2D eigenvalue weighted by molar-refractivity contribution is 0.102. The number of halogens is 2. The fraction of sp³-hybridized carbons (Fsp3) is 0.294. The standard InChI is InChI=1S/C17H17ClFN3O/c18-14-11-12(6-7-15(14)19)21-17(23)13-5-4-8-20-16(13)22-9-2-1-3-10-22/h4-8,11H,1-3,9-10H2,(H,21,23). The van der Waals surface area contributed by atoms with Gasteiger partial charge in [-0.05, 0) is 49.6 Å². The Kier molecular flexibility index (Phi) is 4.76. The van der Waals surface area contributed by atoms with E-state index < -0.39 is 5.82 Å². The van der Waals surface area contributed by atoms with Crippen LogP contribution in [0.5, 0.6) is 0 Å². The summed E-state index contributed by atoms with van der Waals surface area (Å²) < 4.78 is 13.2. The molecule has 3 rings (SSSR count). The molecule has 0 spiro atoms. The van der Waals surface area contributed by atoms with E-state index in [0.717, 1.165) is 25.9 Å². The maximum Gasteiger partial charge on any atom is 0.259 e. The number of piperidine rings is 1. The molecule has 1 saturated heterocycles. The molecule has 0 aliphatic carbocycles. The van der Waals surface area contributed by atoms with Crippen molar-refractivity contribution in [2.45, 2.75) is 19.3 Å². The van der Waals surface area contributed by atoms with Crippen LogP contribution in [0.3, 0.4) is 0 Å². The molecule has 2 aromatic rings. The second-order valence-electron chi connectivity index (χ2n) is 5.51. The predicted molar refractivity (Wildman–Crippen MR) is 89.7 cm³/mol. The Morgan fingerprint density at radius 2 is 2.00 bits per heavy atom. The number of hydrogen-bond donors (Lipinski definition) is 1. The first-order chi connectivity index (χ1) is 11.1. The van der Waals surface area contributed by atoms with E-state index in [1.807, 2.05) is 0 Å². The zero-order chi connectivity index (χ0) is 16.2. The van der Waals surface area contributed by atoms with Crippen molar-refractivity contribution in [2.24, 2.45) is 0 Å². The molecule has 1 aliphatic heterocycles. The molecule has 1 amide bonds. The number of aromatic nitrogens is 1. The molecular weight excluding hydrogens is 317 g/mol. The molecule has 1 aliphatic rings. The molecule has 0 saturated carbocycles. The Bertz CT molecular complexity index is 717. The van der Waals surface area contributed by atoms with Crippen molar-refractivity contribution in [1.82, 2.24) is 4.98 Å². The Balaban J connectivity index is 1.83. The first-order valence-corrected chi connectivity index (χ1v) is 7.99. The number of benzene rings is 1. The molecule has 1 aromatic heterocycles. The third-order valence-corrected chi connectivity index (χ3v) is 4.15. The van der Waals surface area contributed by atoms with E-state index in [2.05, 4.69) is 15.2 Å². The van der Waals surface area contributed by atoms with Crippen LogP contribution in [0.2, 0.25) is 5.02 Å². The predicted octanol–water partition coefficient (Wildman–Crippen LogP) is 4.12. The van der Waals surface area contributed by atoms with Gasteiger partial charge in [0.15, 0.2) is 0 Å². The van der Waals surface area contributed by atoms with Crippen LogP contribution in [-0.2, 0) is 0 Å². The van der Waals surface area contributed by atoms with E-state index in [0.29, 0.717) is 17.1 Å². The lowest BCUT2D eigenvalue weighted by Gasteiger charge is -2.29. The first-order valence-electron chi connectivity index (χ1n) is 7.61. The fourth-order valence-corrected chi connectivity index (χ4v) is 2.88. The monoisotopic (exact) mass is 333 g/mol. The van der Waals surface area contributed by atoms with Gasteiger partial charge < -0.3 is 10.2 Å². The summed E-state index contributed by atoms with van der Waals surface area (Å²) in [5.41, 5.74) is 0.963. The molecular formula is C17H17ClFN3O. The summed E-state index contributed by atoms with van der Waals surface area (Å²) in [6.07, 6.45) is 5.10. The van der Waals surface area contributed by atoms with E-state index in [-0.39, 0.29) is 10.9 Å². The van der Waals surface area contributed by atoms with Gasteiger partial charge in [0.1, 0.15) is 11.6 Å². The van der Waals surface area contributed by atoms with Gasteiger partial charge in [0.2, 0.25) is 0 Å². The lowest BCUT2D eigenvalue weighted by Crippen LogP contribution is -2.32. The van der Waals surface area contributed by atoms with Crippen molar-refractivity contribution in [3.63, 3.8) is 0 Å². The summed E-state index contributed by atoms with van der Waals surface area (Å²) >= 11 is 5.75. The highest BCUT2D eigenvalue weighted by Gasteiger charge is 2.19. The highest BCUT2D eigenvalue weighted by atomic mass is 35.5. The van der Waals surface area contributed by atoms with Crippen LogP contribution in [0.4, 0.5) is 15.9 Å². The average Bonchev–Trinajstić information content (AvgIpc) is 2.59. The van der Waals surface area contributed by atoms with Gasteiger partial charge in [-0.3, -0.25) is 4.79 Å². The molecule has 1 N–H and O–H groups in total. The zero-order valence-electron chi connectivity index (χ0n) is 12.6. The highest BCUT2D eigenvalue weighted by molar-refractivity contribution is 6.31. The minimum absolute atomic E-state index is 0.0229. The number of anilines is 2. The average molecular weight is 334 g/mol. The summed E-state index contributed by atoms with van der Waals surface area (Å²) in [6.45, 7) is 1.80. The molecule has 2 heterocycles. The van der Waals surface area contributed by atoms with Crippen molar-refractivity contribution in [3.05, 3.63) is 52.9 Å². The van der Waals surface area contributed by atoms with Crippen LogP contribution in [0.25, 0.3) is 0 Å². The van der Waals surface area contributed by atoms with Crippen LogP contribution in [0.15, 0.2) is 36.5 Å². The Hall–Kier alpha value is -2.14. The largest absolute Gasteiger partial charge is 0.356 e. The van der Waals surface area contributed by atoms with Crippen LogP contribution in [0, 0.1) is 5.82 Å². The van der Waals surface area contributed by atoms with Crippen molar-refractivity contribution in [1.29, 1.82) is 0 Å². The van der Waals surface area contributed by atoms with E-state index in [4.69, 9.17) is 11.6 Å². The SMILES string of the molecule is O=C(Nc1ccc(F)c(Cl)c1)c1cccnc1N1CCCCC1. The minimum Gasteiger partial charge on any atom is -0.356 e. The van der Waals surface area contributed by atoms with Crippen LogP contribution in [-0.4, -0.2) is 24.0 Å².